The average Bonchev–Trinajstić information content (AvgIpc) is 3.27. The molecule has 7 nitrogen and oxygen atoms in total. The molecule has 2 aromatic heterocycles. The number of nitrogens with zero attached hydrogens (tertiary/aromatic N) is 3. The number of imidazole rings is 1. The van der Waals surface area contributed by atoms with Gasteiger partial charge in [0.25, 0.3) is 5.91 Å². The number of benzene rings is 1. The van der Waals surface area contributed by atoms with Crippen LogP contribution in [0.15, 0.2) is 30.6 Å². The fraction of sp³-hybridized carbons (Fsp3) is 0.250. The van der Waals surface area contributed by atoms with Crippen LogP contribution >= 0.6 is 0 Å². The number of aryl methyl sites for hydroxylation is 1. The number of hydrogen-bond acceptors (Lipinski definition) is 5. The zero-order valence-corrected chi connectivity index (χ0v) is 15.2. The van der Waals surface area contributed by atoms with E-state index in [4.69, 9.17) is 15.9 Å². The van der Waals surface area contributed by atoms with Crippen LogP contribution in [0.5, 0.6) is 11.5 Å². The van der Waals surface area contributed by atoms with Gasteiger partial charge in [-0.1, -0.05) is 12.0 Å². The molecule has 1 aliphatic rings. The molecule has 0 saturated carbocycles. The number of nitrogens with one attached hydrogen (secondary N) is 1. The number of ether oxygens (including phenoxy) is 2. The van der Waals surface area contributed by atoms with Crippen molar-refractivity contribution in [2.45, 2.75) is 26.3 Å². The van der Waals surface area contributed by atoms with Crippen LogP contribution in [0.3, 0.4) is 0 Å². The molecule has 136 valence electrons. The van der Waals surface area contributed by atoms with E-state index >= 15 is 0 Å². The minimum Gasteiger partial charge on any atom is -0.454 e. The van der Waals surface area contributed by atoms with Gasteiger partial charge < -0.3 is 14.8 Å². The predicted octanol–water partition coefficient (Wildman–Crippen LogP) is 2.58. The molecule has 4 rings (SSSR count). The molecule has 7 heteroatoms. The summed E-state index contributed by atoms with van der Waals surface area (Å²) in [5.41, 5.74) is 2.24. The second-order valence-corrected chi connectivity index (χ2v) is 6.83. The van der Waals surface area contributed by atoms with Crippen molar-refractivity contribution in [3.8, 4) is 35.1 Å². The summed E-state index contributed by atoms with van der Waals surface area (Å²) in [4.78, 5) is 21.6. The van der Waals surface area contributed by atoms with Crippen molar-refractivity contribution in [1.82, 2.24) is 19.7 Å². The fourth-order valence-electron chi connectivity index (χ4n) is 2.93. The summed E-state index contributed by atoms with van der Waals surface area (Å²) in [5.74, 6) is 3.49. The highest BCUT2D eigenvalue weighted by Crippen LogP contribution is 2.40. The quantitative estimate of drug-likeness (QED) is 0.725. The van der Waals surface area contributed by atoms with Crippen molar-refractivity contribution in [3.05, 3.63) is 42.0 Å². The SMILES string of the molecule is C#CC(C)(C)NC(=O)c1ncn2c(C)cc(-c3cccc4c3OCO4)nc12. The average molecular weight is 362 g/mol. The number of amides is 1. The van der Waals surface area contributed by atoms with Crippen LogP contribution in [0.4, 0.5) is 0 Å². The van der Waals surface area contributed by atoms with Crippen LogP contribution in [0.25, 0.3) is 16.9 Å². The first-order valence-corrected chi connectivity index (χ1v) is 8.43. The molecule has 1 aliphatic heterocycles. The van der Waals surface area contributed by atoms with Crippen LogP contribution in [0, 0.1) is 19.3 Å². The van der Waals surface area contributed by atoms with Gasteiger partial charge in [-0.2, -0.15) is 0 Å². The molecule has 0 atom stereocenters. The topological polar surface area (TPSA) is 77.8 Å². The predicted molar refractivity (Wildman–Crippen MR) is 99.7 cm³/mol. The normalized spacial score (nSPS) is 12.8. The van der Waals surface area contributed by atoms with Gasteiger partial charge in [-0.15, -0.1) is 6.42 Å². The third kappa shape index (κ3) is 2.85. The monoisotopic (exact) mass is 362 g/mol. The number of carbonyl (C=O) groups excluding carboxylic acids is 1. The van der Waals surface area contributed by atoms with Crippen molar-refractivity contribution in [2.75, 3.05) is 6.79 Å². The van der Waals surface area contributed by atoms with E-state index in [2.05, 4.69) is 21.2 Å². The number of aromatic nitrogens is 3. The van der Waals surface area contributed by atoms with Crippen LogP contribution in [-0.4, -0.2) is 32.6 Å². The summed E-state index contributed by atoms with van der Waals surface area (Å²) >= 11 is 0. The number of terminal acetylenes is 1. The van der Waals surface area contributed by atoms with Gasteiger partial charge in [0.2, 0.25) is 6.79 Å². The highest BCUT2D eigenvalue weighted by atomic mass is 16.7. The molecule has 3 heterocycles. The summed E-state index contributed by atoms with van der Waals surface area (Å²) in [5, 5.41) is 2.79. The van der Waals surface area contributed by atoms with Gasteiger partial charge in [0.05, 0.1) is 11.2 Å². The number of fused-ring (bicyclic) bond motifs is 2. The lowest BCUT2D eigenvalue weighted by Gasteiger charge is -2.18. The van der Waals surface area contributed by atoms with E-state index in [9.17, 15) is 4.79 Å². The van der Waals surface area contributed by atoms with E-state index in [-0.39, 0.29) is 18.4 Å². The maximum atomic E-state index is 12.7. The van der Waals surface area contributed by atoms with E-state index in [0.717, 1.165) is 11.3 Å². The number of hydrogen-bond donors (Lipinski definition) is 1. The Balaban J connectivity index is 1.83. The van der Waals surface area contributed by atoms with E-state index < -0.39 is 5.54 Å². The summed E-state index contributed by atoms with van der Waals surface area (Å²) in [6, 6.07) is 7.54. The van der Waals surface area contributed by atoms with Gasteiger partial charge in [0.15, 0.2) is 22.8 Å². The van der Waals surface area contributed by atoms with Gasteiger partial charge in [-0.05, 0) is 39.0 Å². The van der Waals surface area contributed by atoms with Gasteiger partial charge >= 0.3 is 0 Å². The van der Waals surface area contributed by atoms with Crippen LogP contribution in [0.1, 0.15) is 30.0 Å². The summed E-state index contributed by atoms with van der Waals surface area (Å²) in [6.45, 7) is 5.60. The third-order valence-electron chi connectivity index (χ3n) is 4.37. The lowest BCUT2D eigenvalue weighted by Crippen LogP contribution is -2.42. The molecular weight excluding hydrogens is 344 g/mol. The Labute approximate surface area is 156 Å². The first-order valence-electron chi connectivity index (χ1n) is 8.43. The van der Waals surface area contributed by atoms with Crippen molar-refractivity contribution in [2.24, 2.45) is 0 Å². The molecule has 0 fully saturated rings. The second kappa shape index (κ2) is 6.02. The first-order chi connectivity index (χ1) is 12.9. The van der Waals surface area contributed by atoms with Gasteiger partial charge in [-0.3, -0.25) is 9.20 Å². The lowest BCUT2D eigenvalue weighted by atomic mass is 10.1. The molecular formula is C20H18N4O3. The van der Waals surface area contributed by atoms with E-state index in [1.165, 1.54) is 0 Å². The fourth-order valence-corrected chi connectivity index (χ4v) is 2.93. The van der Waals surface area contributed by atoms with Crippen LogP contribution < -0.4 is 14.8 Å². The minimum absolute atomic E-state index is 0.176. The molecule has 0 aliphatic carbocycles. The summed E-state index contributed by atoms with van der Waals surface area (Å²) in [7, 11) is 0. The molecule has 1 amide bonds. The standard InChI is InChI=1S/C20H18N4O3/c1-5-20(3,4)23-19(25)16-18-22-14(9-12(2)24(18)10-21-16)13-7-6-8-15-17(13)27-11-26-15/h1,6-10H,11H2,2-4H3,(H,23,25). The van der Waals surface area contributed by atoms with Gasteiger partial charge in [0.1, 0.15) is 6.33 Å². The highest BCUT2D eigenvalue weighted by Gasteiger charge is 2.24. The van der Waals surface area contributed by atoms with Crippen molar-refractivity contribution >= 4 is 11.6 Å². The molecule has 1 N–H and O–H groups in total. The lowest BCUT2D eigenvalue weighted by molar-refractivity contribution is 0.0927. The Hall–Kier alpha value is -3.53. The summed E-state index contributed by atoms with van der Waals surface area (Å²) < 4.78 is 12.8. The van der Waals surface area contributed by atoms with Crippen LogP contribution in [0.2, 0.25) is 0 Å². The number of rotatable bonds is 3. The van der Waals surface area contributed by atoms with Crippen molar-refractivity contribution in [3.63, 3.8) is 0 Å². The van der Waals surface area contributed by atoms with E-state index in [1.54, 1.807) is 24.6 Å². The maximum absolute atomic E-state index is 12.7. The zero-order valence-electron chi connectivity index (χ0n) is 15.2. The van der Waals surface area contributed by atoms with Crippen LogP contribution in [-0.2, 0) is 0 Å². The Kier molecular flexibility index (Phi) is 3.77. The van der Waals surface area contributed by atoms with Gasteiger partial charge in [-0.25, -0.2) is 9.97 Å². The largest absolute Gasteiger partial charge is 0.454 e. The van der Waals surface area contributed by atoms with E-state index in [0.29, 0.717) is 22.8 Å². The summed E-state index contributed by atoms with van der Waals surface area (Å²) in [6.07, 6.45) is 7.04. The van der Waals surface area contributed by atoms with Crippen molar-refractivity contribution in [1.29, 1.82) is 0 Å². The Morgan fingerprint density at radius 1 is 1.37 bits per heavy atom. The molecule has 0 unspecified atom stereocenters. The maximum Gasteiger partial charge on any atom is 0.274 e. The van der Waals surface area contributed by atoms with Crippen molar-refractivity contribution < 1.29 is 14.3 Å². The second-order valence-electron chi connectivity index (χ2n) is 6.83. The van der Waals surface area contributed by atoms with E-state index in [1.807, 2.05) is 31.2 Å². The Bertz CT molecular complexity index is 1110. The third-order valence-corrected chi connectivity index (χ3v) is 4.37. The smallest absolute Gasteiger partial charge is 0.274 e. The molecule has 0 spiro atoms. The molecule has 0 bridgehead atoms. The molecule has 0 saturated heterocycles. The number of carbonyl (C=O) groups is 1. The highest BCUT2D eigenvalue weighted by molar-refractivity contribution is 5.99. The Morgan fingerprint density at radius 3 is 2.96 bits per heavy atom. The number of para-hydroxylation sites is 1. The molecule has 3 aromatic rings. The minimum atomic E-state index is -0.787. The molecule has 27 heavy (non-hydrogen) atoms. The molecule has 0 radical (unpaired) electrons. The molecule has 1 aromatic carbocycles. The zero-order chi connectivity index (χ0) is 19.2. The Morgan fingerprint density at radius 2 is 2.19 bits per heavy atom. The first kappa shape index (κ1) is 16.9. The van der Waals surface area contributed by atoms with Gasteiger partial charge in [0, 0.05) is 11.3 Å².